The molecule has 4 rings (SSSR count). The van der Waals surface area contributed by atoms with E-state index in [0.717, 1.165) is 27.6 Å². The number of nitrogens with zero attached hydrogens (tertiary/aromatic N) is 1. The van der Waals surface area contributed by atoms with Gasteiger partial charge in [-0.15, -0.1) is 11.6 Å². The number of nitrogens with two attached hydrogens (primary N) is 1. The van der Waals surface area contributed by atoms with Crippen molar-refractivity contribution in [3.8, 4) is 0 Å². The molecule has 1 aliphatic heterocycles. The van der Waals surface area contributed by atoms with Crippen molar-refractivity contribution < 1.29 is 9.59 Å². The molecule has 0 bridgehead atoms. The van der Waals surface area contributed by atoms with E-state index in [1.54, 1.807) is 29.2 Å². The van der Waals surface area contributed by atoms with Gasteiger partial charge in [0.2, 0.25) is 5.91 Å². The molecule has 1 atom stereocenters. The van der Waals surface area contributed by atoms with E-state index in [9.17, 15) is 9.59 Å². The molecule has 3 aromatic rings. The molecule has 1 heterocycles. The summed E-state index contributed by atoms with van der Waals surface area (Å²) in [6, 6.07) is 17.1. The number of fused-ring (bicyclic) bond motifs is 3. The van der Waals surface area contributed by atoms with Crippen LogP contribution in [0.3, 0.4) is 0 Å². The molecule has 3 N–H and O–H groups in total. The zero-order valence-electron chi connectivity index (χ0n) is 16.6. The Balaban J connectivity index is 1.62. The number of halogens is 1. The van der Waals surface area contributed by atoms with Crippen LogP contribution in [0.25, 0.3) is 16.8 Å². The highest BCUT2D eigenvalue weighted by Gasteiger charge is 2.33. The molecule has 30 heavy (non-hydrogen) atoms. The Morgan fingerprint density at radius 2 is 1.87 bits per heavy atom. The van der Waals surface area contributed by atoms with Gasteiger partial charge in [-0.2, -0.15) is 0 Å². The van der Waals surface area contributed by atoms with E-state index < -0.39 is 0 Å². The average molecular weight is 420 g/mol. The van der Waals surface area contributed by atoms with E-state index in [0.29, 0.717) is 23.8 Å². The number of nitrogens with one attached hydrogen (secondary N) is 1. The van der Waals surface area contributed by atoms with Gasteiger partial charge in [-0.25, -0.2) is 0 Å². The number of hydrogen-bond donors (Lipinski definition) is 2. The minimum atomic E-state index is -0.123. The summed E-state index contributed by atoms with van der Waals surface area (Å²) in [6.45, 7) is 1.99. The lowest BCUT2D eigenvalue weighted by molar-refractivity contribution is -0.115. The van der Waals surface area contributed by atoms with Crippen LogP contribution in [-0.2, 0) is 9.59 Å². The molecule has 1 unspecified atom stereocenters. The van der Waals surface area contributed by atoms with Crippen molar-refractivity contribution in [2.75, 3.05) is 28.4 Å². The van der Waals surface area contributed by atoms with Gasteiger partial charge in [0, 0.05) is 48.1 Å². The SMILES string of the molecule is CC(=O)Nc1ccc(C=CC(=O)N2CC(CCl)c3c2cc(N)c2ccccc32)cc1. The van der Waals surface area contributed by atoms with Gasteiger partial charge in [0.05, 0.1) is 5.69 Å². The van der Waals surface area contributed by atoms with E-state index in [-0.39, 0.29) is 17.7 Å². The number of anilines is 3. The number of benzene rings is 3. The molecule has 3 aromatic carbocycles. The Morgan fingerprint density at radius 1 is 1.17 bits per heavy atom. The third kappa shape index (κ3) is 3.76. The van der Waals surface area contributed by atoms with Crippen molar-refractivity contribution in [2.45, 2.75) is 12.8 Å². The van der Waals surface area contributed by atoms with E-state index in [1.165, 1.54) is 6.92 Å². The number of nitrogen functional groups attached to an aromatic ring is 1. The van der Waals surface area contributed by atoms with E-state index in [1.807, 2.05) is 42.5 Å². The molecule has 6 heteroatoms. The number of hydrogen-bond acceptors (Lipinski definition) is 3. The van der Waals surface area contributed by atoms with E-state index >= 15 is 0 Å². The Kier molecular flexibility index (Phi) is 5.46. The van der Waals surface area contributed by atoms with Gasteiger partial charge < -0.3 is 16.0 Å². The fraction of sp³-hybridized carbons (Fsp3) is 0.167. The third-order valence-electron chi connectivity index (χ3n) is 5.30. The summed E-state index contributed by atoms with van der Waals surface area (Å²) in [5.74, 6) is 0.242. The fourth-order valence-corrected chi connectivity index (χ4v) is 4.20. The van der Waals surface area contributed by atoms with Crippen molar-refractivity contribution in [2.24, 2.45) is 0 Å². The van der Waals surface area contributed by atoms with Gasteiger partial charge in [0.15, 0.2) is 0 Å². The summed E-state index contributed by atoms with van der Waals surface area (Å²) in [5, 5.41) is 4.75. The molecular weight excluding hydrogens is 398 g/mol. The van der Waals surface area contributed by atoms with Gasteiger partial charge in [-0.3, -0.25) is 9.59 Å². The molecule has 0 radical (unpaired) electrons. The monoisotopic (exact) mass is 419 g/mol. The zero-order chi connectivity index (χ0) is 21.3. The largest absolute Gasteiger partial charge is 0.398 e. The van der Waals surface area contributed by atoms with Crippen LogP contribution in [-0.4, -0.2) is 24.2 Å². The topological polar surface area (TPSA) is 75.4 Å². The first-order valence-corrected chi connectivity index (χ1v) is 10.3. The molecule has 1 aliphatic rings. The highest BCUT2D eigenvalue weighted by atomic mass is 35.5. The summed E-state index contributed by atoms with van der Waals surface area (Å²) < 4.78 is 0. The lowest BCUT2D eigenvalue weighted by Gasteiger charge is -2.17. The van der Waals surface area contributed by atoms with E-state index in [2.05, 4.69) is 5.32 Å². The van der Waals surface area contributed by atoms with Gasteiger partial charge in [-0.1, -0.05) is 36.4 Å². The van der Waals surface area contributed by atoms with Crippen LogP contribution in [0, 0.1) is 0 Å². The van der Waals surface area contributed by atoms with Gasteiger partial charge in [0.25, 0.3) is 5.91 Å². The maximum atomic E-state index is 13.0. The Hall–Kier alpha value is -3.31. The third-order valence-corrected chi connectivity index (χ3v) is 5.67. The van der Waals surface area contributed by atoms with E-state index in [4.69, 9.17) is 17.3 Å². The van der Waals surface area contributed by atoms with Crippen LogP contribution < -0.4 is 16.0 Å². The highest BCUT2D eigenvalue weighted by molar-refractivity contribution is 6.19. The normalized spacial score (nSPS) is 15.5. The summed E-state index contributed by atoms with van der Waals surface area (Å²) in [4.78, 5) is 25.9. The van der Waals surface area contributed by atoms with Crippen molar-refractivity contribution in [3.05, 3.63) is 71.8 Å². The molecule has 0 aromatic heterocycles. The summed E-state index contributed by atoms with van der Waals surface area (Å²) in [5.41, 5.74) is 10.4. The standard InChI is InChI=1S/C24H22ClN3O2/c1-15(29)27-18-9-6-16(7-10-18)8-11-23(30)28-14-17(13-25)24-20-5-3-2-4-19(20)21(26)12-22(24)28/h2-12,17H,13-14,26H2,1H3,(H,27,29). The predicted octanol–water partition coefficient (Wildman–Crippen LogP) is 4.76. The number of alkyl halides is 1. The van der Waals surface area contributed by atoms with Crippen molar-refractivity contribution in [1.82, 2.24) is 0 Å². The van der Waals surface area contributed by atoms with Crippen LogP contribution in [0.15, 0.2) is 60.7 Å². The highest BCUT2D eigenvalue weighted by Crippen LogP contribution is 2.44. The fourth-order valence-electron chi connectivity index (χ4n) is 3.95. The minimum absolute atomic E-state index is 0.0569. The quantitative estimate of drug-likeness (QED) is 0.363. The lowest BCUT2D eigenvalue weighted by atomic mass is 9.95. The molecular formula is C24H22ClN3O2. The number of rotatable bonds is 4. The lowest BCUT2D eigenvalue weighted by Crippen LogP contribution is -2.28. The van der Waals surface area contributed by atoms with Crippen LogP contribution in [0.4, 0.5) is 17.1 Å². The van der Waals surface area contributed by atoms with Crippen molar-refractivity contribution >= 4 is 57.3 Å². The minimum Gasteiger partial charge on any atom is -0.398 e. The average Bonchev–Trinajstić information content (AvgIpc) is 3.11. The zero-order valence-corrected chi connectivity index (χ0v) is 17.3. The Bertz CT molecular complexity index is 1160. The first-order valence-electron chi connectivity index (χ1n) is 9.72. The molecule has 5 nitrogen and oxygen atoms in total. The predicted molar refractivity (Wildman–Crippen MR) is 124 cm³/mol. The molecule has 0 saturated heterocycles. The molecule has 0 aliphatic carbocycles. The second-order valence-corrected chi connectivity index (χ2v) is 7.69. The first kappa shape index (κ1) is 20.0. The molecule has 2 amide bonds. The summed E-state index contributed by atoms with van der Waals surface area (Å²) >= 11 is 6.25. The smallest absolute Gasteiger partial charge is 0.251 e. The number of carbonyl (C=O) groups excluding carboxylic acids is 2. The van der Waals surface area contributed by atoms with Crippen molar-refractivity contribution in [1.29, 1.82) is 0 Å². The second kappa shape index (κ2) is 8.20. The first-order chi connectivity index (χ1) is 14.5. The molecule has 0 spiro atoms. The second-order valence-electron chi connectivity index (χ2n) is 7.38. The Morgan fingerprint density at radius 3 is 2.53 bits per heavy atom. The van der Waals surface area contributed by atoms with Crippen molar-refractivity contribution in [3.63, 3.8) is 0 Å². The number of carbonyl (C=O) groups is 2. The Labute approximate surface area is 180 Å². The maximum absolute atomic E-state index is 13.0. The van der Waals surface area contributed by atoms with Gasteiger partial charge in [-0.05, 0) is 40.8 Å². The molecule has 152 valence electrons. The van der Waals surface area contributed by atoms with Gasteiger partial charge in [0.1, 0.15) is 0 Å². The van der Waals surface area contributed by atoms with Gasteiger partial charge >= 0.3 is 0 Å². The molecule has 0 saturated carbocycles. The summed E-state index contributed by atoms with van der Waals surface area (Å²) in [6.07, 6.45) is 3.32. The van der Waals surface area contributed by atoms with Crippen LogP contribution >= 0.6 is 11.6 Å². The molecule has 0 fully saturated rings. The van der Waals surface area contributed by atoms with Crippen LogP contribution in [0.1, 0.15) is 24.0 Å². The van der Waals surface area contributed by atoms with Crippen LogP contribution in [0.2, 0.25) is 0 Å². The maximum Gasteiger partial charge on any atom is 0.251 e. The summed E-state index contributed by atoms with van der Waals surface area (Å²) in [7, 11) is 0. The van der Waals surface area contributed by atoms with Crippen LogP contribution in [0.5, 0.6) is 0 Å². The number of amides is 2.